The summed E-state index contributed by atoms with van der Waals surface area (Å²) in [6, 6.07) is 0. The Kier molecular flexibility index (Phi) is 51.3. The molecule has 0 aromatic rings. The predicted molar refractivity (Wildman–Crippen MR) is 275 cm³/mol. The summed E-state index contributed by atoms with van der Waals surface area (Å²) in [5.41, 5.74) is 0. The van der Waals surface area contributed by atoms with Gasteiger partial charge in [-0.15, -0.1) is 0 Å². The Hall–Kier alpha value is -2.37. The van der Waals surface area contributed by atoms with Crippen LogP contribution in [-0.4, -0.2) is 37.2 Å². The second kappa shape index (κ2) is 53.2. The summed E-state index contributed by atoms with van der Waals surface area (Å²) in [5.74, 6) is -0.885. The summed E-state index contributed by atoms with van der Waals surface area (Å²) < 4.78 is 16.8. The summed E-state index contributed by atoms with van der Waals surface area (Å²) in [5, 5.41) is 0. The molecule has 374 valence electrons. The van der Waals surface area contributed by atoms with Crippen molar-refractivity contribution in [1.82, 2.24) is 0 Å². The predicted octanol–water partition coefficient (Wildman–Crippen LogP) is 18.5. The first-order chi connectivity index (χ1) is 31.5. The number of rotatable bonds is 51. The Morgan fingerprint density at radius 1 is 0.312 bits per heavy atom. The van der Waals surface area contributed by atoms with Crippen molar-refractivity contribution in [2.45, 2.75) is 303 Å². The summed E-state index contributed by atoms with van der Waals surface area (Å²) >= 11 is 0. The van der Waals surface area contributed by atoms with Gasteiger partial charge in [-0.25, -0.2) is 0 Å². The zero-order chi connectivity index (χ0) is 46.5. The van der Waals surface area contributed by atoms with Crippen molar-refractivity contribution in [2.75, 3.05) is 13.2 Å². The van der Waals surface area contributed by atoms with Gasteiger partial charge >= 0.3 is 17.9 Å². The maximum absolute atomic E-state index is 12.8. The van der Waals surface area contributed by atoms with Crippen LogP contribution >= 0.6 is 0 Å². The Morgan fingerprint density at radius 3 is 0.938 bits per heavy atom. The molecule has 0 radical (unpaired) electrons. The van der Waals surface area contributed by atoms with Crippen molar-refractivity contribution in [3.8, 4) is 0 Å². The van der Waals surface area contributed by atoms with Crippen molar-refractivity contribution in [3.63, 3.8) is 0 Å². The van der Waals surface area contributed by atoms with Gasteiger partial charge in [0.15, 0.2) is 6.10 Å². The third-order valence-corrected chi connectivity index (χ3v) is 12.3. The van der Waals surface area contributed by atoms with Crippen molar-refractivity contribution in [1.29, 1.82) is 0 Å². The molecule has 0 bridgehead atoms. The van der Waals surface area contributed by atoms with Gasteiger partial charge in [0.1, 0.15) is 13.2 Å². The van der Waals surface area contributed by atoms with Crippen LogP contribution in [0.1, 0.15) is 297 Å². The maximum Gasteiger partial charge on any atom is 0.306 e. The van der Waals surface area contributed by atoms with Gasteiger partial charge < -0.3 is 14.2 Å². The van der Waals surface area contributed by atoms with Crippen LogP contribution in [0.2, 0.25) is 0 Å². The third kappa shape index (κ3) is 50.6. The number of ether oxygens (including phenoxy) is 3. The van der Waals surface area contributed by atoms with E-state index in [1.54, 1.807) is 0 Å². The second-order valence-corrected chi connectivity index (χ2v) is 18.8. The van der Waals surface area contributed by atoms with Crippen LogP contribution in [0.25, 0.3) is 0 Å². The topological polar surface area (TPSA) is 78.9 Å². The summed E-state index contributed by atoms with van der Waals surface area (Å²) in [4.78, 5) is 38.1. The first-order valence-electron chi connectivity index (χ1n) is 28.0. The Labute approximate surface area is 397 Å². The van der Waals surface area contributed by atoms with E-state index in [0.29, 0.717) is 19.3 Å². The van der Waals surface area contributed by atoms with Gasteiger partial charge in [0.2, 0.25) is 0 Å². The standard InChI is InChI=1S/C58H106O6/c1-4-7-10-13-16-19-22-25-27-29-31-33-36-39-42-45-48-51-57(60)63-54-55(53-62-56(59)50-47-44-41-38-35-32-24-21-18-15-12-9-6-3)64-58(61)52-49-46-43-40-37-34-30-28-26-23-20-17-14-11-8-5-2/h12,15,21,24,28,30,55H,4-11,13-14,16-20,22-23,25-27,29,31-54H2,1-3H3/b15-12-,24-21-,30-28-. The fourth-order valence-electron chi connectivity index (χ4n) is 8.12. The molecule has 0 aromatic heterocycles. The SMILES string of the molecule is CCC/C=C\C/C=C\CCCCCCCC(=O)OCC(COC(=O)CCCCCCCCCCCCCCCCCCC)OC(=O)CCCCCCC/C=C\CCCCCCCCC. The average Bonchev–Trinajstić information content (AvgIpc) is 3.29. The van der Waals surface area contributed by atoms with Crippen LogP contribution < -0.4 is 0 Å². The number of hydrogen-bond acceptors (Lipinski definition) is 6. The molecule has 0 saturated heterocycles. The minimum atomic E-state index is -0.779. The fourth-order valence-corrected chi connectivity index (χ4v) is 8.12. The van der Waals surface area contributed by atoms with E-state index >= 15 is 0 Å². The number of esters is 3. The van der Waals surface area contributed by atoms with Gasteiger partial charge in [0, 0.05) is 19.3 Å². The van der Waals surface area contributed by atoms with E-state index in [4.69, 9.17) is 14.2 Å². The minimum absolute atomic E-state index is 0.0766. The van der Waals surface area contributed by atoms with Gasteiger partial charge in [-0.2, -0.15) is 0 Å². The van der Waals surface area contributed by atoms with E-state index in [0.717, 1.165) is 89.9 Å². The zero-order valence-corrected chi connectivity index (χ0v) is 42.8. The molecule has 6 nitrogen and oxygen atoms in total. The molecule has 0 N–H and O–H groups in total. The van der Waals surface area contributed by atoms with Crippen LogP contribution in [0, 0.1) is 0 Å². The van der Waals surface area contributed by atoms with Gasteiger partial charge in [-0.1, -0.05) is 243 Å². The molecule has 0 aliphatic carbocycles. The molecular formula is C58H106O6. The largest absolute Gasteiger partial charge is 0.462 e. The lowest BCUT2D eigenvalue weighted by molar-refractivity contribution is -0.167. The molecule has 0 aromatic carbocycles. The maximum atomic E-state index is 12.8. The number of hydrogen-bond donors (Lipinski definition) is 0. The highest BCUT2D eigenvalue weighted by Crippen LogP contribution is 2.16. The molecule has 1 unspecified atom stereocenters. The molecule has 0 saturated carbocycles. The van der Waals surface area contributed by atoms with Crippen molar-refractivity contribution in [2.24, 2.45) is 0 Å². The molecular weight excluding hydrogens is 793 g/mol. The lowest BCUT2D eigenvalue weighted by atomic mass is 10.0. The van der Waals surface area contributed by atoms with Gasteiger partial charge in [-0.05, 0) is 70.6 Å². The summed E-state index contributed by atoms with van der Waals surface area (Å²) in [6.45, 7) is 6.59. The lowest BCUT2D eigenvalue weighted by Gasteiger charge is -2.18. The van der Waals surface area contributed by atoms with E-state index in [1.165, 1.54) is 167 Å². The molecule has 0 heterocycles. The van der Waals surface area contributed by atoms with Gasteiger partial charge in [-0.3, -0.25) is 14.4 Å². The molecule has 1 atom stereocenters. The Morgan fingerprint density at radius 2 is 0.594 bits per heavy atom. The van der Waals surface area contributed by atoms with Crippen LogP contribution in [0.15, 0.2) is 36.5 Å². The fraction of sp³-hybridized carbons (Fsp3) is 0.845. The number of unbranched alkanes of at least 4 members (excludes halogenated alkanes) is 34. The summed E-state index contributed by atoms with van der Waals surface area (Å²) in [7, 11) is 0. The third-order valence-electron chi connectivity index (χ3n) is 12.3. The highest BCUT2D eigenvalue weighted by atomic mass is 16.6. The van der Waals surface area contributed by atoms with E-state index in [9.17, 15) is 14.4 Å². The normalized spacial score (nSPS) is 12.2. The van der Waals surface area contributed by atoms with Crippen LogP contribution in [0.5, 0.6) is 0 Å². The molecule has 0 amide bonds. The Bertz CT molecular complexity index is 1080. The van der Waals surface area contributed by atoms with Crippen molar-refractivity contribution < 1.29 is 28.6 Å². The number of carbonyl (C=O) groups is 3. The van der Waals surface area contributed by atoms with Crippen molar-refractivity contribution in [3.05, 3.63) is 36.5 Å². The molecule has 6 heteroatoms. The quantitative estimate of drug-likeness (QED) is 0.0262. The number of allylic oxidation sites excluding steroid dienone is 6. The molecule has 0 aliphatic rings. The highest BCUT2D eigenvalue weighted by Gasteiger charge is 2.19. The Balaban J connectivity index is 4.35. The van der Waals surface area contributed by atoms with Crippen LogP contribution in [0.3, 0.4) is 0 Å². The van der Waals surface area contributed by atoms with E-state index < -0.39 is 6.10 Å². The molecule has 0 fully saturated rings. The number of carbonyl (C=O) groups excluding carboxylic acids is 3. The molecule has 0 aliphatic heterocycles. The minimum Gasteiger partial charge on any atom is -0.462 e. The van der Waals surface area contributed by atoms with E-state index in [1.807, 2.05) is 0 Å². The average molecular weight is 899 g/mol. The van der Waals surface area contributed by atoms with Crippen LogP contribution in [-0.2, 0) is 28.6 Å². The van der Waals surface area contributed by atoms with Crippen LogP contribution in [0.4, 0.5) is 0 Å². The smallest absolute Gasteiger partial charge is 0.306 e. The van der Waals surface area contributed by atoms with Gasteiger partial charge in [0.05, 0.1) is 0 Å². The molecule has 0 rings (SSSR count). The second-order valence-electron chi connectivity index (χ2n) is 18.8. The highest BCUT2D eigenvalue weighted by molar-refractivity contribution is 5.71. The van der Waals surface area contributed by atoms with E-state index in [-0.39, 0.29) is 31.1 Å². The monoisotopic (exact) mass is 899 g/mol. The lowest BCUT2D eigenvalue weighted by Crippen LogP contribution is -2.30. The first-order valence-corrected chi connectivity index (χ1v) is 28.0. The molecule has 0 spiro atoms. The zero-order valence-electron chi connectivity index (χ0n) is 42.8. The summed E-state index contributed by atoms with van der Waals surface area (Å²) in [6.07, 6.45) is 62.7. The molecule has 64 heavy (non-hydrogen) atoms. The van der Waals surface area contributed by atoms with E-state index in [2.05, 4.69) is 57.2 Å². The van der Waals surface area contributed by atoms with Gasteiger partial charge in [0.25, 0.3) is 0 Å². The van der Waals surface area contributed by atoms with Crippen molar-refractivity contribution >= 4 is 17.9 Å². The first kappa shape index (κ1) is 61.6.